The van der Waals surface area contributed by atoms with E-state index in [1.165, 1.54) is 0 Å². The maximum atomic E-state index is 13.2. The lowest BCUT2D eigenvalue weighted by Crippen LogP contribution is -2.34. The highest BCUT2D eigenvalue weighted by molar-refractivity contribution is 7.89. The number of hydrogen-bond donors (Lipinski definition) is 2. The van der Waals surface area contributed by atoms with Crippen LogP contribution in [0.25, 0.3) is 0 Å². The lowest BCUT2D eigenvalue weighted by Gasteiger charge is -2.19. The van der Waals surface area contributed by atoms with E-state index in [0.29, 0.717) is 6.42 Å². The van der Waals surface area contributed by atoms with E-state index in [-0.39, 0.29) is 28.7 Å². The van der Waals surface area contributed by atoms with Gasteiger partial charge in [0, 0.05) is 13.1 Å². The lowest BCUT2D eigenvalue weighted by molar-refractivity contribution is 0.0762. The molecular formula is C11H14ClFN2O3S. The average Bonchev–Trinajstić information content (AvgIpc) is 2.64. The summed E-state index contributed by atoms with van der Waals surface area (Å²) in [6, 6.07) is 1.87. The number of nitrogens with two attached hydrogens (primary N) is 1. The van der Waals surface area contributed by atoms with Gasteiger partial charge in [0.1, 0.15) is 10.7 Å². The Balaban J connectivity index is 2.44. The van der Waals surface area contributed by atoms with Gasteiger partial charge in [-0.05, 0) is 25.5 Å². The van der Waals surface area contributed by atoms with Crippen LogP contribution in [0.3, 0.4) is 0 Å². The molecule has 1 aliphatic heterocycles. The van der Waals surface area contributed by atoms with Crippen LogP contribution in [0.15, 0.2) is 17.0 Å². The van der Waals surface area contributed by atoms with E-state index in [2.05, 4.69) is 0 Å². The molecule has 106 valence electrons. The number of sulfonamides is 1. The molecule has 1 aromatic rings. The highest BCUT2D eigenvalue weighted by Crippen LogP contribution is 2.32. The fraction of sp³-hybridized carbons (Fsp3) is 0.455. The zero-order valence-electron chi connectivity index (χ0n) is 10.2. The number of rotatable bonds is 2. The first-order chi connectivity index (χ1) is 8.63. The topological polar surface area (TPSA) is 83.6 Å². The van der Waals surface area contributed by atoms with Crippen LogP contribution >= 0.6 is 11.6 Å². The van der Waals surface area contributed by atoms with Crippen molar-refractivity contribution in [1.82, 2.24) is 4.31 Å². The number of nitrogen functional groups attached to an aromatic ring is 1. The summed E-state index contributed by atoms with van der Waals surface area (Å²) in [4.78, 5) is -0.245. The molecule has 3 N–H and O–H groups in total. The Morgan fingerprint density at radius 2 is 2.16 bits per heavy atom. The van der Waals surface area contributed by atoms with Crippen molar-refractivity contribution in [2.45, 2.75) is 23.8 Å². The molecule has 0 aromatic heterocycles. The second-order valence-corrected chi connectivity index (χ2v) is 7.20. The monoisotopic (exact) mass is 308 g/mol. The van der Waals surface area contributed by atoms with Gasteiger partial charge in [-0.1, -0.05) is 11.6 Å². The predicted octanol–water partition coefficient (Wildman–Crippen LogP) is 1.21. The van der Waals surface area contributed by atoms with E-state index in [1.807, 2.05) is 0 Å². The van der Waals surface area contributed by atoms with E-state index < -0.39 is 21.4 Å². The molecule has 1 unspecified atom stereocenters. The number of halogens is 2. The molecule has 0 spiro atoms. The summed E-state index contributed by atoms with van der Waals surface area (Å²) in [5.41, 5.74) is 4.02. The zero-order valence-corrected chi connectivity index (χ0v) is 11.8. The summed E-state index contributed by atoms with van der Waals surface area (Å²) >= 11 is 5.77. The van der Waals surface area contributed by atoms with Crippen molar-refractivity contribution in [2.75, 3.05) is 18.8 Å². The molecule has 0 amide bonds. The van der Waals surface area contributed by atoms with Crippen LogP contribution in [0.1, 0.15) is 13.3 Å². The quantitative estimate of drug-likeness (QED) is 0.804. The predicted molar refractivity (Wildman–Crippen MR) is 69.8 cm³/mol. The molecule has 5 nitrogen and oxygen atoms in total. The molecule has 0 bridgehead atoms. The smallest absolute Gasteiger partial charge is 0.244 e. The third kappa shape index (κ3) is 2.69. The van der Waals surface area contributed by atoms with E-state index in [9.17, 15) is 17.9 Å². The van der Waals surface area contributed by atoms with Crippen molar-refractivity contribution in [3.8, 4) is 0 Å². The Hall–Kier alpha value is -0.890. The van der Waals surface area contributed by atoms with E-state index in [0.717, 1.165) is 16.4 Å². The standard InChI is InChI=1S/C11H14ClFN2O3S/c1-11(16)2-3-15(6-11)19(17,18)10-5-9(14)8(13)4-7(10)12/h4-5,16H,2-3,6,14H2,1H3. The lowest BCUT2D eigenvalue weighted by atomic mass is 10.1. The molecule has 1 aliphatic rings. The maximum absolute atomic E-state index is 13.2. The number of nitrogens with zero attached hydrogens (tertiary/aromatic N) is 1. The Morgan fingerprint density at radius 3 is 2.68 bits per heavy atom. The number of β-amino-alcohol motifs (C(OH)–C–C–N with tert-alkyl or cyclic N) is 1. The minimum absolute atomic E-state index is 0.0249. The molecule has 8 heteroatoms. The van der Waals surface area contributed by atoms with Crippen molar-refractivity contribution >= 4 is 27.3 Å². The number of anilines is 1. The molecule has 1 fully saturated rings. The summed E-state index contributed by atoms with van der Waals surface area (Å²) in [5.74, 6) is -0.766. The summed E-state index contributed by atoms with van der Waals surface area (Å²) in [6.45, 7) is 1.72. The van der Waals surface area contributed by atoms with Gasteiger partial charge < -0.3 is 10.8 Å². The summed E-state index contributed by atoms with van der Waals surface area (Å²) < 4.78 is 39.0. The minimum Gasteiger partial charge on any atom is -0.396 e. The number of aliphatic hydroxyl groups is 1. The molecule has 1 atom stereocenters. The molecule has 0 radical (unpaired) electrons. The maximum Gasteiger partial charge on any atom is 0.244 e. The van der Waals surface area contributed by atoms with Crippen LogP contribution in [-0.4, -0.2) is 36.5 Å². The highest BCUT2D eigenvalue weighted by Gasteiger charge is 2.39. The van der Waals surface area contributed by atoms with E-state index >= 15 is 0 Å². The molecule has 1 saturated heterocycles. The normalized spacial score (nSPS) is 24.8. The first-order valence-electron chi connectivity index (χ1n) is 5.60. The molecule has 0 aliphatic carbocycles. The summed E-state index contributed by atoms with van der Waals surface area (Å²) in [6.07, 6.45) is 0.334. The third-order valence-corrected chi connectivity index (χ3v) is 5.40. The van der Waals surface area contributed by atoms with Crippen LogP contribution in [0.4, 0.5) is 10.1 Å². The summed E-state index contributed by atoms with van der Waals surface area (Å²) in [5, 5.41) is 9.60. The van der Waals surface area contributed by atoms with E-state index in [1.54, 1.807) is 6.92 Å². The fourth-order valence-electron chi connectivity index (χ4n) is 1.99. The van der Waals surface area contributed by atoms with Gasteiger partial charge in [0.2, 0.25) is 10.0 Å². The molecule has 19 heavy (non-hydrogen) atoms. The molecular weight excluding hydrogens is 295 g/mol. The average molecular weight is 309 g/mol. The zero-order chi connectivity index (χ0) is 14.4. The van der Waals surface area contributed by atoms with Gasteiger partial charge in [0.15, 0.2) is 0 Å². The minimum atomic E-state index is -3.88. The van der Waals surface area contributed by atoms with Crippen molar-refractivity contribution in [2.24, 2.45) is 0 Å². The van der Waals surface area contributed by atoms with Gasteiger partial charge in [-0.3, -0.25) is 0 Å². The van der Waals surface area contributed by atoms with Crippen molar-refractivity contribution < 1.29 is 17.9 Å². The van der Waals surface area contributed by atoms with Crippen molar-refractivity contribution in [3.63, 3.8) is 0 Å². The van der Waals surface area contributed by atoms with Gasteiger partial charge in [0.25, 0.3) is 0 Å². The first-order valence-corrected chi connectivity index (χ1v) is 7.42. The van der Waals surface area contributed by atoms with Gasteiger partial charge in [-0.15, -0.1) is 0 Å². The SMILES string of the molecule is CC1(O)CCN(S(=O)(=O)c2cc(N)c(F)cc2Cl)C1. The molecule has 1 aromatic carbocycles. The first kappa shape index (κ1) is 14.5. The van der Waals surface area contributed by atoms with Crippen LogP contribution in [0, 0.1) is 5.82 Å². The van der Waals surface area contributed by atoms with Crippen LogP contribution in [0.5, 0.6) is 0 Å². The second kappa shape index (κ2) is 4.59. The van der Waals surface area contributed by atoms with Gasteiger partial charge in [0.05, 0.1) is 16.3 Å². The van der Waals surface area contributed by atoms with Crippen LogP contribution in [0.2, 0.25) is 5.02 Å². The molecule has 2 rings (SSSR count). The van der Waals surface area contributed by atoms with Gasteiger partial charge >= 0.3 is 0 Å². The summed E-state index contributed by atoms with van der Waals surface area (Å²) in [7, 11) is -3.88. The van der Waals surface area contributed by atoms with Crippen molar-refractivity contribution in [3.05, 3.63) is 23.0 Å². The molecule has 0 saturated carbocycles. The van der Waals surface area contributed by atoms with E-state index in [4.69, 9.17) is 17.3 Å². The second-order valence-electron chi connectivity index (χ2n) is 4.89. The van der Waals surface area contributed by atoms with Crippen LogP contribution < -0.4 is 5.73 Å². The Kier molecular flexibility index (Phi) is 3.51. The Labute approximate surface area is 115 Å². The fourth-order valence-corrected chi connectivity index (χ4v) is 4.07. The largest absolute Gasteiger partial charge is 0.396 e. The Bertz CT molecular complexity index is 619. The third-order valence-electron chi connectivity index (χ3n) is 3.09. The van der Waals surface area contributed by atoms with Gasteiger partial charge in [-0.2, -0.15) is 4.31 Å². The number of benzene rings is 1. The Morgan fingerprint density at radius 1 is 1.53 bits per heavy atom. The van der Waals surface area contributed by atoms with Gasteiger partial charge in [-0.25, -0.2) is 12.8 Å². The number of hydrogen-bond acceptors (Lipinski definition) is 4. The molecule has 1 heterocycles. The van der Waals surface area contributed by atoms with Crippen LogP contribution in [-0.2, 0) is 10.0 Å². The van der Waals surface area contributed by atoms with Crippen molar-refractivity contribution in [1.29, 1.82) is 0 Å². The highest BCUT2D eigenvalue weighted by atomic mass is 35.5.